The van der Waals surface area contributed by atoms with Crippen LogP contribution in [-0.2, 0) is 11.2 Å². The molecular weight excluding hydrogens is 436 g/mol. The van der Waals surface area contributed by atoms with Gasteiger partial charge in [-0.3, -0.25) is 4.79 Å². The van der Waals surface area contributed by atoms with E-state index in [4.69, 9.17) is 5.10 Å². The van der Waals surface area contributed by atoms with E-state index in [0.717, 1.165) is 66.0 Å². The molecule has 1 fully saturated rings. The summed E-state index contributed by atoms with van der Waals surface area (Å²) in [4.78, 5) is 15.1. The highest BCUT2D eigenvalue weighted by Gasteiger charge is 2.29. The second-order valence-electron chi connectivity index (χ2n) is 9.33. The zero-order valence-corrected chi connectivity index (χ0v) is 20.4. The minimum atomic E-state index is -0.0593. The molecule has 0 bridgehead atoms. The molecular formula is C28H32N6O. The fraction of sp³-hybridized carbons (Fsp3) is 0.357. The number of aromatic nitrogens is 4. The number of hydrogen-bond acceptors (Lipinski definition) is 5. The Bertz CT molecular complexity index is 1300. The topological polar surface area (TPSA) is 75.9 Å². The number of anilines is 1. The van der Waals surface area contributed by atoms with Crippen LogP contribution >= 0.6 is 0 Å². The lowest BCUT2D eigenvalue weighted by Gasteiger charge is -2.32. The minimum Gasteiger partial charge on any atom is -0.356 e. The number of para-hydroxylation sites is 1. The van der Waals surface area contributed by atoms with Crippen molar-refractivity contribution < 1.29 is 4.79 Å². The van der Waals surface area contributed by atoms with E-state index in [-0.39, 0.29) is 11.8 Å². The first-order valence-corrected chi connectivity index (χ1v) is 12.5. The number of carbonyl (C=O) groups is 1. The van der Waals surface area contributed by atoms with E-state index in [1.807, 2.05) is 48.0 Å². The van der Waals surface area contributed by atoms with Crippen molar-refractivity contribution in [2.24, 2.45) is 5.92 Å². The molecule has 4 aromatic rings. The monoisotopic (exact) mass is 468 g/mol. The molecule has 1 saturated heterocycles. The van der Waals surface area contributed by atoms with Crippen LogP contribution in [-0.4, -0.2) is 45.5 Å². The first-order chi connectivity index (χ1) is 17.1. The van der Waals surface area contributed by atoms with Crippen molar-refractivity contribution in [3.05, 3.63) is 77.6 Å². The lowest BCUT2D eigenvalue weighted by atomic mass is 9.97. The summed E-state index contributed by atoms with van der Waals surface area (Å²) in [6.45, 7) is 6.23. The molecule has 7 nitrogen and oxygen atoms in total. The van der Waals surface area contributed by atoms with Gasteiger partial charge in [-0.25, -0.2) is 4.68 Å². The van der Waals surface area contributed by atoms with Gasteiger partial charge in [-0.2, -0.15) is 10.2 Å². The van der Waals surface area contributed by atoms with Crippen LogP contribution in [0.2, 0.25) is 0 Å². The van der Waals surface area contributed by atoms with Crippen LogP contribution in [0.1, 0.15) is 36.2 Å². The normalized spacial score (nSPS) is 15.9. The third kappa shape index (κ3) is 4.90. The zero-order valence-electron chi connectivity index (χ0n) is 20.4. The second kappa shape index (κ2) is 10.3. The zero-order chi connectivity index (χ0) is 24.2. The van der Waals surface area contributed by atoms with Gasteiger partial charge < -0.3 is 10.2 Å². The fourth-order valence-corrected chi connectivity index (χ4v) is 5.02. The molecule has 2 aromatic carbocycles. The molecule has 3 heterocycles. The van der Waals surface area contributed by atoms with Crippen molar-refractivity contribution in [3.63, 3.8) is 0 Å². The number of benzene rings is 2. The highest BCUT2D eigenvalue weighted by atomic mass is 16.1. The maximum absolute atomic E-state index is 13.0. The molecule has 1 aliphatic rings. The number of amides is 1. The Morgan fingerprint density at radius 3 is 2.54 bits per heavy atom. The van der Waals surface area contributed by atoms with Gasteiger partial charge in [0.25, 0.3) is 0 Å². The second-order valence-corrected chi connectivity index (χ2v) is 9.33. The van der Waals surface area contributed by atoms with E-state index >= 15 is 0 Å². The summed E-state index contributed by atoms with van der Waals surface area (Å²) in [5, 5.41) is 18.2. The summed E-state index contributed by atoms with van der Waals surface area (Å²) in [5.74, 6) is 0.839. The molecule has 0 aliphatic carbocycles. The number of nitrogens with one attached hydrogen (secondary N) is 1. The van der Waals surface area contributed by atoms with Crippen molar-refractivity contribution in [2.75, 3.05) is 24.5 Å². The molecule has 1 aliphatic heterocycles. The maximum Gasteiger partial charge on any atom is 0.224 e. The van der Waals surface area contributed by atoms with E-state index in [9.17, 15) is 4.79 Å². The van der Waals surface area contributed by atoms with Gasteiger partial charge in [-0.15, -0.1) is 5.10 Å². The van der Waals surface area contributed by atoms with Gasteiger partial charge in [0.2, 0.25) is 5.91 Å². The van der Waals surface area contributed by atoms with Gasteiger partial charge in [0, 0.05) is 19.6 Å². The lowest BCUT2D eigenvalue weighted by molar-refractivity contribution is -0.125. The number of carbonyl (C=O) groups excluding carboxylic acids is 1. The van der Waals surface area contributed by atoms with Gasteiger partial charge >= 0.3 is 0 Å². The molecule has 1 atom stereocenters. The van der Waals surface area contributed by atoms with Gasteiger partial charge in [-0.05, 0) is 57.2 Å². The molecule has 0 radical (unpaired) electrons. The molecule has 35 heavy (non-hydrogen) atoms. The fourth-order valence-electron chi connectivity index (χ4n) is 5.02. The highest BCUT2D eigenvalue weighted by molar-refractivity contribution is 5.92. The summed E-state index contributed by atoms with van der Waals surface area (Å²) in [5.41, 5.74) is 5.08. The molecule has 0 saturated carbocycles. The van der Waals surface area contributed by atoms with E-state index in [1.54, 1.807) is 0 Å². The number of piperidine rings is 1. The Morgan fingerprint density at radius 1 is 1.03 bits per heavy atom. The largest absolute Gasteiger partial charge is 0.356 e. The van der Waals surface area contributed by atoms with Gasteiger partial charge in [-0.1, -0.05) is 48.5 Å². The van der Waals surface area contributed by atoms with Crippen LogP contribution in [0.15, 0.2) is 60.7 Å². The van der Waals surface area contributed by atoms with Gasteiger partial charge in [0.15, 0.2) is 5.82 Å². The Morgan fingerprint density at radius 2 is 1.77 bits per heavy atom. The van der Waals surface area contributed by atoms with Crippen molar-refractivity contribution in [2.45, 2.75) is 39.5 Å². The van der Waals surface area contributed by atoms with Crippen LogP contribution in [0.25, 0.3) is 16.6 Å². The predicted molar refractivity (Wildman–Crippen MR) is 139 cm³/mol. The molecule has 180 valence electrons. The Balaban J connectivity index is 1.30. The molecule has 2 aromatic heterocycles. The number of aryl methyl sites for hydroxylation is 3. The average Bonchev–Trinajstić information content (AvgIpc) is 3.26. The van der Waals surface area contributed by atoms with Crippen molar-refractivity contribution in [3.8, 4) is 5.69 Å². The maximum atomic E-state index is 13.0. The van der Waals surface area contributed by atoms with Crippen LogP contribution < -0.4 is 10.2 Å². The van der Waals surface area contributed by atoms with E-state index in [1.165, 1.54) is 5.56 Å². The van der Waals surface area contributed by atoms with Crippen molar-refractivity contribution in [1.29, 1.82) is 0 Å². The molecule has 1 amide bonds. The first kappa shape index (κ1) is 23.0. The van der Waals surface area contributed by atoms with E-state index in [2.05, 4.69) is 51.6 Å². The molecule has 1 N–H and O–H groups in total. The number of hydrogen-bond donors (Lipinski definition) is 1. The first-order valence-electron chi connectivity index (χ1n) is 12.5. The van der Waals surface area contributed by atoms with Gasteiger partial charge in [0.05, 0.1) is 28.4 Å². The summed E-state index contributed by atoms with van der Waals surface area (Å²) in [6, 6.07) is 20.5. The predicted octanol–water partition coefficient (Wildman–Crippen LogP) is 4.40. The smallest absolute Gasteiger partial charge is 0.224 e. The average molecular weight is 469 g/mol. The van der Waals surface area contributed by atoms with Crippen LogP contribution in [0.5, 0.6) is 0 Å². The highest BCUT2D eigenvalue weighted by Crippen LogP contribution is 2.31. The number of rotatable bonds is 7. The van der Waals surface area contributed by atoms with Crippen LogP contribution in [0.4, 0.5) is 5.82 Å². The van der Waals surface area contributed by atoms with Crippen molar-refractivity contribution in [1.82, 2.24) is 25.3 Å². The number of nitrogens with zero attached hydrogens (tertiary/aromatic N) is 5. The lowest BCUT2D eigenvalue weighted by Crippen LogP contribution is -2.43. The van der Waals surface area contributed by atoms with E-state index < -0.39 is 0 Å². The summed E-state index contributed by atoms with van der Waals surface area (Å²) >= 11 is 0. The summed E-state index contributed by atoms with van der Waals surface area (Å²) in [6.07, 6.45) is 3.74. The summed E-state index contributed by atoms with van der Waals surface area (Å²) < 4.78 is 1.96. The molecule has 0 spiro atoms. The minimum absolute atomic E-state index is 0.0593. The molecule has 1 unspecified atom stereocenters. The Labute approximate surface area is 206 Å². The Kier molecular flexibility index (Phi) is 6.75. The quantitative estimate of drug-likeness (QED) is 0.407. The SMILES string of the molecule is Cc1nnc(N2CCCC(C(=O)NCCCc3ccccc3)C2)c2nn(-c3ccccc3)c(C)c12. The standard InChI is InChI=1S/C28H32N6O/c1-20-25-21(2)34(24-15-7-4-8-16-24)32-26(25)27(31-30-20)33-18-10-14-23(19-33)28(35)29-17-9-13-22-11-5-3-6-12-22/h3-8,11-12,15-16,23H,9-10,13-14,17-19H2,1-2H3,(H,29,35). The third-order valence-electron chi connectivity index (χ3n) is 6.86. The van der Waals surface area contributed by atoms with Crippen molar-refractivity contribution >= 4 is 22.6 Å². The Hall–Kier alpha value is -3.74. The summed E-state index contributed by atoms with van der Waals surface area (Å²) in [7, 11) is 0. The van der Waals surface area contributed by atoms with Gasteiger partial charge in [0.1, 0.15) is 5.52 Å². The van der Waals surface area contributed by atoms with Crippen LogP contribution in [0, 0.1) is 19.8 Å². The number of fused-ring (bicyclic) bond motifs is 1. The molecule has 5 rings (SSSR count). The molecule has 7 heteroatoms. The van der Waals surface area contributed by atoms with Crippen LogP contribution in [0.3, 0.4) is 0 Å². The third-order valence-corrected chi connectivity index (χ3v) is 6.86. The van der Waals surface area contributed by atoms with E-state index in [0.29, 0.717) is 13.1 Å².